The second-order valence-corrected chi connectivity index (χ2v) is 10.1. The fourth-order valence-electron chi connectivity index (χ4n) is 5.17. The van der Waals surface area contributed by atoms with Crippen molar-refractivity contribution in [2.75, 3.05) is 0 Å². The van der Waals surface area contributed by atoms with Crippen LogP contribution in [0.25, 0.3) is 50.3 Å². The topological polar surface area (TPSA) is 51.0 Å². The van der Waals surface area contributed by atoms with Crippen LogP contribution in [0.1, 0.15) is 16.8 Å². The van der Waals surface area contributed by atoms with Gasteiger partial charge >= 0.3 is 0 Å². The lowest BCUT2D eigenvalue weighted by Crippen LogP contribution is -2.01. The average molecular weight is 527 g/mol. The summed E-state index contributed by atoms with van der Waals surface area (Å²) in [5, 5.41) is 2.17. The van der Waals surface area contributed by atoms with Gasteiger partial charge in [0.15, 0.2) is 0 Å². The molecule has 0 fully saturated rings. The highest BCUT2D eigenvalue weighted by atomic mass is 14.8. The van der Waals surface area contributed by atoms with E-state index in [2.05, 4.69) is 101 Å². The van der Waals surface area contributed by atoms with Crippen molar-refractivity contribution in [2.45, 2.75) is 6.54 Å². The van der Waals surface area contributed by atoms with Crippen molar-refractivity contribution in [3.63, 3.8) is 0 Å². The van der Waals surface area contributed by atoms with Gasteiger partial charge in [-0.2, -0.15) is 0 Å². The Kier molecular flexibility index (Phi) is 6.34. The normalized spacial score (nSPS) is 16.1. The van der Waals surface area contributed by atoms with Gasteiger partial charge in [0.1, 0.15) is 0 Å². The Morgan fingerprint density at radius 1 is 0.561 bits per heavy atom. The van der Waals surface area contributed by atoms with Crippen LogP contribution in [0.3, 0.4) is 0 Å². The van der Waals surface area contributed by atoms with Crippen LogP contribution < -0.4 is 0 Å². The Labute approximate surface area is 238 Å². The highest BCUT2D eigenvalue weighted by Crippen LogP contribution is 2.29. The lowest BCUT2D eigenvalue weighted by atomic mass is 9.97. The van der Waals surface area contributed by atoms with Crippen LogP contribution in [-0.4, -0.2) is 20.7 Å². The summed E-state index contributed by atoms with van der Waals surface area (Å²) in [4.78, 5) is 19.2. The van der Waals surface area contributed by atoms with Crippen LogP contribution >= 0.6 is 0 Å². The number of aliphatic imine (C=N–C) groups is 1. The van der Waals surface area contributed by atoms with Gasteiger partial charge in [-0.25, -0.2) is 4.98 Å². The van der Waals surface area contributed by atoms with Gasteiger partial charge in [-0.3, -0.25) is 15.0 Å². The summed E-state index contributed by atoms with van der Waals surface area (Å²) in [5.41, 5.74) is 10.9. The fourth-order valence-corrected chi connectivity index (χ4v) is 5.17. The van der Waals surface area contributed by atoms with E-state index in [1.165, 1.54) is 0 Å². The van der Waals surface area contributed by atoms with Gasteiger partial charge in [0.2, 0.25) is 0 Å². The second kappa shape index (κ2) is 10.6. The van der Waals surface area contributed by atoms with Gasteiger partial charge < -0.3 is 0 Å². The molecule has 0 bridgehead atoms. The molecule has 0 saturated heterocycles. The molecule has 1 aliphatic rings. The Balaban J connectivity index is 1.26. The lowest BCUT2D eigenvalue weighted by molar-refractivity contribution is 0.985. The highest BCUT2D eigenvalue weighted by Gasteiger charge is 2.10. The van der Waals surface area contributed by atoms with E-state index >= 15 is 0 Å². The van der Waals surface area contributed by atoms with Gasteiger partial charge in [-0.05, 0) is 58.7 Å². The Hall–Kier alpha value is -5.48. The van der Waals surface area contributed by atoms with E-state index in [1.54, 1.807) is 0 Å². The summed E-state index contributed by atoms with van der Waals surface area (Å²) < 4.78 is 0. The number of allylic oxidation sites excluding steroid dienone is 4. The maximum atomic E-state index is 5.05. The monoisotopic (exact) mass is 526 g/mol. The van der Waals surface area contributed by atoms with Crippen LogP contribution in [0, 0.1) is 0 Å². The van der Waals surface area contributed by atoms with Crippen molar-refractivity contribution < 1.29 is 0 Å². The molecule has 3 aromatic heterocycles. The Bertz CT molecular complexity index is 2050. The van der Waals surface area contributed by atoms with E-state index < -0.39 is 0 Å². The van der Waals surface area contributed by atoms with E-state index in [9.17, 15) is 0 Å². The molecule has 0 spiro atoms. The van der Waals surface area contributed by atoms with Crippen molar-refractivity contribution in [3.05, 3.63) is 157 Å². The molecule has 41 heavy (non-hydrogen) atoms. The van der Waals surface area contributed by atoms with Crippen molar-refractivity contribution in [3.8, 4) is 22.4 Å². The Morgan fingerprint density at radius 2 is 1.24 bits per heavy atom. The third-order valence-corrected chi connectivity index (χ3v) is 7.34. The summed E-state index contributed by atoms with van der Waals surface area (Å²) in [7, 11) is 0. The third-order valence-electron chi connectivity index (χ3n) is 7.34. The van der Waals surface area contributed by atoms with Crippen LogP contribution in [0.2, 0.25) is 0 Å². The van der Waals surface area contributed by atoms with Crippen molar-refractivity contribution in [1.29, 1.82) is 0 Å². The molecule has 1 aliphatic heterocycles. The Morgan fingerprint density at radius 3 is 2.12 bits per heavy atom. The quantitative estimate of drug-likeness (QED) is 0.217. The van der Waals surface area contributed by atoms with Gasteiger partial charge in [0, 0.05) is 34.3 Å². The van der Waals surface area contributed by atoms with Crippen molar-refractivity contribution >= 4 is 33.6 Å². The summed E-state index contributed by atoms with van der Waals surface area (Å²) in [5.74, 6) is 0. The van der Waals surface area contributed by atoms with Crippen molar-refractivity contribution in [1.82, 2.24) is 15.0 Å². The van der Waals surface area contributed by atoms with Gasteiger partial charge in [-0.15, -0.1) is 0 Å². The minimum atomic E-state index is 0.504. The minimum absolute atomic E-state index is 0.504. The number of benzene rings is 3. The molecule has 7 rings (SSSR count). The molecular weight excluding hydrogens is 500 g/mol. The first-order chi connectivity index (χ1) is 20.2. The highest BCUT2D eigenvalue weighted by molar-refractivity contribution is 6.09. The zero-order valence-electron chi connectivity index (χ0n) is 22.4. The van der Waals surface area contributed by atoms with E-state index in [-0.39, 0.29) is 0 Å². The molecule has 0 radical (unpaired) electrons. The molecule has 4 heteroatoms. The molecule has 6 aromatic rings. The maximum Gasteiger partial charge on any atom is 0.0972 e. The number of fused-ring (bicyclic) bond motifs is 4. The van der Waals surface area contributed by atoms with Crippen LogP contribution in [-0.2, 0) is 6.54 Å². The summed E-state index contributed by atoms with van der Waals surface area (Å²) in [6.07, 6.45) is 11.7. The summed E-state index contributed by atoms with van der Waals surface area (Å²) in [6.45, 7) is 4.67. The molecule has 3 aromatic carbocycles. The van der Waals surface area contributed by atoms with E-state index in [1.807, 2.05) is 48.8 Å². The summed E-state index contributed by atoms with van der Waals surface area (Å²) >= 11 is 0. The number of hydrogen-bond acceptors (Lipinski definition) is 4. The minimum Gasteiger partial charge on any atom is -0.278 e. The average Bonchev–Trinajstić information content (AvgIpc) is 3.04. The first-order valence-corrected chi connectivity index (χ1v) is 13.6. The molecule has 0 atom stereocenters. The molecular formula is C37H26N4. The first kappa shape index (κ1) is 24.6. The molecule has 0 aliphatic carbocycles. The van der Waals surface area contributed by atoms with Crippen LogP contribution in [0.4, 0.5) is 0 Å². The zero-order chi connectivity index (χ0) is 27.6. The second-order valence-electron chi connectivity index (χ2n) is 10.1. The zero-order valence-corrected chi connectivity index (χ0v) is 22.4. The number of hydrogen-bond donors (Lipinski definition) is 0. The van der Waals surface area contributed by atoms with Gasteiger partial charge in [0.25, 0.3) is 0 Å². The lowest BCUT2D eigenvalue weighted by Gasteiger charge is -2.10. The molecule has 4 nitrogen and oxygen atoms in total. The SMILES string of the molecule is C=C1/C=C\C(c2cccc(-c3cccc(-c4ccc5ccc6cccnc6c5n4)c3)c2)=N/Cc2ncccc2/C=C\1. The number of aromatic nitrogens is 3. The van der Waals surface area contributed by atoms with Gasteiger partial charge in [-0.1, -0.05) is 91.5 Å². The van der Waals surface area contributed by atoms with Crippen LogP contribution in [0.5, 0.6) is 0 Å². The third kappa shape index (κ3) is 4.99. The number of rotatable bonds is 3. The first-order valence-electron chi connectivity index (χ1n) is 13.6. The largest absolute Gasteiger partial charge is 0.278 e. The molecule has 0 saturated carbocycles. The number of pyridine rings is 3. The predicted octanol–water partition coefficient (Wildman–Crippen LogP) is 8.64. The van der Waals surface area contributed by atoms with E-state index in [0.717, 1.165) is 72.3 Å². The van der Waals surface area contributed by atoms with Gasteiger partial charge in [0.05, 0.1) is 34.7 Å². The summed E-state index contributed by atoms with van der Waals surface area (Å²) in [6, 6.07) is 33.5. The van der Waals surface area contributed by atoms with Crippen molar-refractivity contribution in [2.24, 2.45) is 4.99 Å². The molecule has 0 unspecified atom stereocenters. The molecule has 0 amide bonds. The molecule has 0 N–H and O–H groups in total. The van der Waals surface area contributed by atoms with E-state index in [4.69, 9.17) is 9.98 Å². The van der Waals surface area contributed by atoms with Crippen LogP contribution in [0.15, 0.2) is 145 Å². The molecule has 4 heterocycles. The standard InChI is InChI=1S/C37H26N4/c1-25-12-14-26-10-4-20-38-35(26)24-40-33(18-13-25)31-8-2-6-29(22-31)30-7-3-9-32(23-30)34-19-17-28-16-15-27-11-5-21-39-36(27)37(28)41-34/h2-23H,1,24H2/b14-12-,18-13-,40-33+. The maximum absolute atomic E-state index is 5.05. The fraction of sp³-hybridized carbons (Fsp3) is 0.0270. The van der Waals surface area contributed by atoms with E-state index in [0.29, 0.717) is 6.54 Å². The molecule has 194 valence electrons. The number of nitrogens with zero attached hydrogens (tertiary/aromatic N) is 4. The smallest absolute Gasteiger partial charge is 0.0972 e. The predicted molar refractivity (Wildman–Crippen MR) is 170 cm³/mol.